The first-order chi connectivity index (χ1) is 13.9. The van der Waals surface area contributed by atoms with E-state index >= 15 is 0 Å². The molecule has 1 fully saturated rings. The Bertz CT molecular complexity index is 932. The lowest BCUT2D eigenvalue weighted by molar-refractivity contribution is -0.120. The Morgan fingerprint density at radius 2 is 1.73 bits per heavy atom. The van der Waals surface area contributed by atoms with Gasteiger partial charge in [0.15, 0.2) is 0 Å². The van der Waals surface area contributed by atoms with E-state index in [0.717, 1.165) is 24.2 Å². The second-order valence-corrected chi connectivity index (χ2v) is 7.88. The number of piperidine rings is 1. The number of rotatable bonds is 7. The SMILES string of the molecule is CC[C@H](C)[C@H](NC(=O)n1c(=O)n(CCN2CCCCC2)c2ccccc21)C(N)=O.Cl. The zero-order valence-corrected chi connectivity index (χ0v) is 18.5. The summed E-state index contributed by atoms with van der Waals surface area (Å²) in [6, 6.07) is 5.79. The number of nitrogens with one attached hydrogen (secondary N) is 1. The van der Waals surface area contributed by atoms with E-state index in [0.29, 0.717) is 24.0 Å². The van der Waals surface area contributed by atoms with Crippen LogP contribution in [0.1, 0.15) is 39.5 Å². The third-order valence-electron chi connectivity index (χ3n) is 5.93. The first kappa shape index (κ1) is 24.0. The molecule has 0 bridgehead atoms. The van der Waals surface area contributed by atoms with Crippen molar-refractivity contribution in [2.45, 2.75) is 52.1 Å². The van der Waals surface area contributed by atoms with Gasteiger partial charge in [-0.2, -0.15) is 0 Å². The number of hydrogen-bond acceptors (Lipinski definition) is 4. The molecule has 30 heavy (non-hydrogen) atoms. The number of aromatic nitrogens is 2. The largest absolute Gasteiger partial charge is 0.368 e. The van der Waals surface area contributed by atoms with Gasteiger partial charge in [-0.1, -0.05) is 38.8 Å². The van der Waals surface area contributed by atoms with Gasteiger partial charge >= 0.3 is 11.7 Å². The van der Waals surface area contributed by atoms with Crippen LogP contribution in [0.3, 0.4) is 0 Å². The van der Waals surface area contributed by atoms with Crippen molar-refractivity contribution in [1.29, 1.82) is 0 Å². The number of benzene rings is 1. The van der Waals surface area contributed by atoms with Crippen LogP contribution >= 0.6 is 12.4 Å². The van der Waals surface area contributed by atoms with Crippen molar-refractivity contribution in [2.24, 2.45) is 11.7 Å². The quantitative estimate of drug-likeness (QED) is 0.692. The van der Waals surface area contributed by atoms with Gasteiger partial charge in [-0.05, 0) is 44.0 Å². The van der Waals surface area contributed by atoms with Gasteiger partial charge in [0.05, 0.1) is 11.0 Å². The van der Waals surface area contributed by atoms with Gasteiger partial charge in [0.25, 0.3) is 0 Å². The molecule has 9 heteroatoms. The number of likely N-dealkylation sites (tertiary alicyclic amines) is 1. The van der Waals surface area contributed by atoms with Crippen molar-refractivity contribution < 1.29 is 9.59 Å². The van der Waals surface area contributed by atoms with Crippen LogP contribution in [0.4, 0.5) is 4.79 Å². The van der Waals surface area contributed by atoms with Crippen LogP contribution in [0.2, 0.25) is 0 Å². The Morgan fingerprint density at radius 1 is 1.10 bits per heavy atom. The first-order valence-corrected chi connectivity index (χ1v) is 10.5. The zero-order valence-electron chi connectivity index (χ0n) is 17.7. The van der Waals surface area contributed by atoms with Crippen LogP contribution in [0.5, 0.6) is 0 Å². The van der Waals surface area contributed by atoms with E-state index in [1.807, 2.05) is 26.0 Å². The smallest absolute Gasteiger partial charge is 0.337 e. The van der Waals surface area contributed by atoms with Crippen LogP contribution in [0, 0.1) is 5.92 Å². The molecule has 2 amide bonds. The van der Waals surface area contributed by atoms with E-state index in [1.54, 1.807) is 16.7 Å². The van der Waals surface area contributed by atoms with Crippen molar-refractivity contribution in [3.05, 3.63) is 34.7 Å². The summed E-state index contributed by atoms with van der Waals surface area (Å²) in [5, 5.41) is 2.66. The molecule has 1 aliphatic heterocycles. The van der Waals surface area contributed by atoms with Crippen LogP contribution in [0.15, 0.2) is 29.1 Å². The average molecular weight is 438 g/mol. The number of para-hydroxylation sites is 2. The van der Waals surface area contributed by atoms with Gasteiger partial charge in [-0.3, -0.25) is 9.36 Å². The lowest BCUT2D eigenvalue weighted by atomic mass is 9.99. The predicted octanol–water partition coefficient (Wildman–Crippen LogP) is 2.17. The van der Waals surface area contributed by atoms with Gasteiger partial charge < -0.3 is 16.0 Å². The first-order valence-electron chi connectivity index (χ1n) is 10.5. The zero-order chi connectivity index (χ0) is 21.0. The van der Waals surface area contributed by atoms with Crippen LogP contribution in [0.25, 0.3) is 11.0 Å². The lowest BCUT2D eigenvalue weighted by Crippen LogP contribution is -2.51. The highest BCUT2D eigenvalue weighted by atomic mass is 35.5. The molecule has 2 atom stereocenters. The van der Waals surface area contributed by atoms with E-state index in [2.05, 4.69) is 10.2 Å². The number of fused-ring (bicyclic) bond motifs is 1. The molecule has 1 aromatic heterocycles. The number of imidazole rings is 1. The van der Waals surface area contributed by atoms with Gasteiger partial charge in [0, 0.05) is 13.1 Å². The van der Waals surface area contributed by atoms with E-state index in [1.165, 1.54) is 19.3 Å². The second-order valence-electron chi connectivity index (χ2n) is 7.88. The van der Waals surface area contributed by atoms with E-state index in [9.17, 15) is 14.4 Å². The Morgan fingerprint density at radius 3 is 2.33 bits per heavy atom. The molecular formula is C21H32ClN5O3. The summed E-state index contributed by atoms with van der Waals surface area (Å²) in [7, 11) is 0. The number of carbonyl (C=O) groups excluding carboxylic acids is 2. The molecular weight excluding hydrogens is 406 g/mol. The number of halogens is 1. The summed E-state index contributed by atoms with van der Waals surface area (Å²) in [5.41, 5.74) is 6.32. The van der Waals surface area contributed by atoms with Crippen molar-refractivity contribution in [3.8, 4) is 0 Å². The Labute approximate surface area is 182 Å². The number of amides is 2. The highest BCUT2D eigenvalue weighted by molar-refractivity contribution is 5.92. The third-order valence-corrected chi connectivity index (χ3v) is 5.93. The summed E-state index contributed by atoms with van der Waals surface area (Å²) >= 11 is 0. The monoisotopic (exact) mass is 437 g/mol. The van der Waals surface area contributed by atoms with E-state index in [-0.39, 0.29) is 18.3 Å². The predicted molar refractivity (Wildman–Crippen MR) is 120 cm³/mol. The van der Waals surface area contributed by atoms with Crippen molar-refractivity contribution in [3.63, 3.8) is 0 Å². The molecule has 166 valence electrons. The normalized spacial score (nSPS) is 16.6. The summed E-state index contributed by atoms with van der Waals surface area (Å²) < 4.78 is 2.76. The standard InChI is InChI=1S/C21H31N5O3.ClH/c1-3-15(2)18(19(22)27)23-20(28)26-17-10-6-5-9-16(17)25(21(26)29)14-13-24-11-7-4-8-12-24;/h5-6,9-10,15,18H,3-4,7-8,11-14H2,1-2H3,(H2,22,27)(H,23,28);1H/t15-,18-;/m0./s1. The van der Waals surface area contributed by atoms with Gasteiger partial charge in [-0.25, -0.2) is 14.2 Å². The molecule has 3 rings (SSSR count). The molecule has 1 aromatic carbocycles. The fourth-order valence-corrected chi connectivity index (χ4v) is 3.97. The molecule has 0 radical (unpaired) electrons. The van der Waals surface area contributed by atoms with E-state index in [4.69, 9.17) is 5.73 Å². The molecule has 0 unspecified atom stereocenters. The summed E-state index contributed by atoms with van der Waals surface area (Å²) in [5.74, 6) is -0.728. The number of primary amides is 1. The molecule has 3 N–H and O–H groups in total. The number of hydrogen-bond donors (Lipinski definition) is 2. The minimum Gasteiger partial charge on any atom is -0.368 e. The number of nitrogens with zero attached hydrogens (tertiary/aromatic N) is 3. The molecule has 2 heterocycles. The summed E-state index contributed by atoms with van der Waals surface area (Å²) in [4.78, 5) is 40.2. The maximum Gasteiger partial charge on any atom is 0.337 e. The lowest BCUT2D eigenvalue weighted by Gasteiger charge is -2.26. The fraction of sp³-hybridized carbons (Fsp3) is 0.571. The van der Waals surface area contributed by atoms with Crippen molar-refractivity contribution in [2.75, 3.05) is 19.6 Å². The summed E-state index contributed by atoms with van der Waals surface area (Å²) in [6.45, 7) is 7.15. The third kappa shape index (κ3) is 5.05. The Balaban J connectivity index is 0.00000320. The van der Waals surface area contributed by atoms with Crippen molar-refractivity contribution in [1.82, 2.24) is 19.4 Å². The number of carbonyl (C=O) groups is 2. The van der Waals surface area contributed by atoms with Crippen LogP contribution in [-0.2, 0) is 11.3 Å². The Kier molecular flexibility index (Phi) is 8.49. The van der Waals surface area contributed by atoms with Gasteiger partial charge in [0.1, 0.15) is 6.04 Å². The minimum absolute atomic E-state index is 0. The maximum atomic E-state index is 13.1. The molecule has 1 saturated heterocycles. The highest BCUT2D eigenvalue weighted by Crippen LogP contribution is 2.15. The maximum absolute atomic E-state index is 13.1. The molecule has 0 aliphatic carbocycles. The average Bonchev–Trinajstić information content (AvgIpc) is 3.01. The molecule has 0 saturated carbocycles. The second kappa shape index (κ2) is 10.6. The van der Waals surface area contributed by atoms with E-state index < -0.39 is 23.7 Å². The fourth-order valence-electron chi connectivity index (χ4n) is 3.97. The Hall–Kier alpha value is -2.32. The molecule has 8 nitrogen and oxygen atoms in total. The molecule has 0 spiro atoms. The minimum atomic E-state index is -0.824. The topological polar surface area (TPSA) is 102 Å². The summed E-state index contributed by atoms with van der Waals surface area (Å²) in [6.07, 6.45) is 4.31. The van der Waals surface area contributed by atoms with Gasteiger partial charge in [0.2, 0.25) is 5.91 Å². The van der Waals surface area contributed by atoms with Crippen LogP contribution in [-0.4, -0.2) is 51.6 Å². The molecule has 2 aromatic rings. The van der Waals surface area contributed by atoms with Crippen molar-refractivity contribution >= 4 is 35.4 Å². The number of nitrogens with two attached hydrogens (primary N) is 1. The van der Waals surface area contributed by atoms with Crippen LogP contribution < -0.4 is 16.7 Å². The highest BCUT2D eigenvalue weighted by Gasteiger charge is 2.26. The molecule has 1 aliphatic rings. The van der Waals surface area contributed by atoms with Gasteiger partial charge in [-0.15, -0.1) is 12.4 Å².